The first-order valence-corrected chi connectivity index (χ1v) is 11.3. The van der Waals surface area contributed by atoms with Crippen molar-refractivity contribution in [3.63, 3.8) is 0 Å². The first-order chi connectivity index (χ1) is 14.8. The Morgan fingerprint density at radius 3 is 2.00 bits per heavy atom. The van der Waals surface area contributed by atoms with Crippen LogP contribution in [0.5, 0.6) is 0 Å². The van der Waals surface area contributed by atoms with Gasteiger partial charge in [0.1, 0.15) is 0 Å². The van der Waals surface area contributed by atoms with Gasteiger partial charge in [0.15, 0.2) is 5.52 Å². The van der Waals surface area contributed by atoms with Gasteiger partial charge in [-0.05, 0) is 73.1 Å². The SMILES string of the molecule is CC(C)=CCC/C(C)=C/CC/C(C)=C/CC/C(C)=C/C[n+]1cnc2c(ncn2C)c1N. The molecule has 31 heavy (non-hydrogen) atoms. The summed E-state index contributed by atoms with van der Waals surface area (Å²) in [7, 11) is 1.93. The van der Waals surface area contributed by atoms with Gasteiger partial charge in [-0.2, -0.15) is 0 Å². The van der Waals surface area contributed by atoms with Crippen LogP contribution in [0.1, 0.15) is 73.1 Å². The average Bonchev–Trinajstić information content (AvgIpc) is 3.09. The Bertz CT molecular complexity index is 985. The molecule has 0 saturated carbocycles. The van der Waals surface area contributed by atoms with Crippen molar-refractivity contribution in [3.8, 4) is 0 Å². The normalized spacial score (nSPS) is 13.2. The van der Waals surface area contributed by atoms with Crippen LogP contribution in [-0.2, 0) is 13.6 Å². The van der Waals surface area contributed by atoms with Crippen molar-refractivity contribution in [1.82, 2.24) is 14.5 Å². The largest absolute Gasteiger partial charge is 0.317 e. The van der Waals surface area contributed by atoms with Crippen molar-refractivity contribution in [2.24, 2.45) is 7.05 Å². The van der Waals surface area contributed by atoms with E-state index < -0.39 is 0 Å². The Balaban J connectivity index is 1.77. The summed E-state index contributed by atoms with van der Waals surface area (Å²) >= 11 is 0. The van der Waals surface area contributed by atoms with Gasteiger partial charge in [0.25, 0.3) is 5.82 Å². The first-order valence-electron chi connectivity index (χ1n) is 11.3. The lowest BCUT2D eigenvalue weighted by molar-refractivity contribution is -0.674. The predicted molar refractivity (Wildman–Crippen MR) is 132 cm³/mol. The van der Waals surface area contributed by atoms with Crippen molar-refractivity contribution in [2.45, 2.75) is 79.7 Å². The number of aryl methyl sites for hydroxylation is 1. The predicted octanol–water partition coefficient (Wildman–Crippen LogP) is 5.98. The third kappa shape index (κ3) is 8.16. The number of nitrogen functional groups attached to an aromatic ring is 1. The Morgan fingerprint density at radius 1 is 0.871 bits per heavy atom. The van der Waals surface area contributed by atoms with Crippen LogP contribution >= 0.6 is 0 Å². The lowest BCUT2D eigenvalue weighted by atomic mass is 10.0. The van der Waals surface area contributed by atoms with Crippen molar-refractivity contribution in [3.05, 3.63) is 59.3 Å². The van der Waals surface area contributed by atoms with Gasteiger partial charge in [0, 0.05) is 7.05 Å². The number of rotatable bonds is 11. The molecular formula is C26H40N5+. The molecule has 0 radical (unpaired) electrons. The van der Waals surface area contributed by atoms with Crippen LogP contribution in [0.2, 0.25) is 0 Å². The lowest BCUT2D eigenvalue weighted by Gasteiger charge is -2.04. The van der Waals surface area contributed by atoms with Crippen molar-refractivity contribution >= 4 is 17.0 Å². The first kappa shape index (κ1) is 24.6. The molecule has 0 saturated heterocycles. The molecule has 0 aliphatic heterocycles. The number of allylic oxidation sites excluding steroid dienone is 8. The van der Waals surface area contributed by atoms with E-state index in [2.05, 4.69) is 68.9 Å². The fourth-order valence-corrected chi connectivity index (χ4v) is 3.47. The van der Waals surface area contributed by atoms with E-state index in [0.717, 1.165) is 49.8 Å². The molecule has 0 bridgehead atoms. The monoisotopic (exact) mass is 422 g/mol. The number of fused-ring (bicyclic) bond motifs is 1. The van der Waals surface area contributed by atoms with Gasteiger partial charge in [-0.3, -0.25) is 0 Å². The second kappa shape index (κ2) is 12.2. The minimum atomic E-state index is 0.662. The molecule has 5 heteroatoms. The van der Waals surface area contributed by atoms with E-state index in [0.29, 0.717) is 5.82 Å². The molecule has 0 unspecified atom stereocenters. The summed E-state index contributed by atoms with van der Waals surface area (Å²) < 4.78 is 3.83. The van der Waals surface area contributed by atoms with Crippen molar-refractivity contribution in [2.75, 3.05) is 5.73 Å². The van der Waals surface area contributed by atoms with E-state index in [1.807, 2.05) is 16.2 Å². The van der Waals surface area contributed by atoms with E-state index >= 15 is 0 Å². The molecular weight excluding hydrogens is 382 g/mol. The summed E-state index contributed by atoms with van der Waals surface area (Å²) in [5, 5.41) is 0. The number of nitrogens with two attached hydrogens (primary N) is 1. The van der Waals surface area contributed by atoms with Crippen molar-refractivity contribution < 1.29 is 4.57 Å². The van der Waals surface area contributed by atoms with Crippen LogP contribution in [-0.4, -0.2) is 14.5 Å². The molecule has 0 fully saturated rings. The molecule has 0 aliphatic carbocycles. The second-order valence-electron chi connectivity index (χ2n) is 8.86. The highest BCUT2D eigenvalue weighted by Crippen LogP contribution is 2.14. The fourth-order valence-electron chi connectivity index (χ4n) is 3.47. The summed E-state index contributed by atoms with van der Waals surface area (Å²) in [6.07, 6.45) is 19.6. The molecule has 168 valence electrons. The minimum absolute atomic E-state index is 0.662. The van der Waals surface area contributed by atoms with E-state index in [4.69, 9.17) is 5.73 Å². The maximum absolute atomic E-state index is 6.27. The Hall–Kier alpha value is -2.69. The lowest BCUT2D eigenvalue weighted by Crippen LogP contribution is -2.37. The Labute approximate surface area is 188 Å². The smallest absolute Gasteiger partial charge is 0.251 e. The van der Waals surface area contributed by atoms with Gasteiger partial charge < -0.3 is 10.3 Å². The highest BCUT2D eigenvalue weighted by atomic mass is 15.2. The fraction of sp³-hybridized carbons (Fsp3) is 0.500. The number of hydrogen-bond donors (Lipinski definition) is 1. The molecule has 0 aromatic carbocycles. The molecule has 2 N–H and O–H groups in total. The number of hydrogen-bond acceptors (Lipinski definition) is 3. The van der Waals surface area contributed by atoms with E-state index in [1.165, 1.54) is 28.7 Å². The maximum atomic E-state index is 6.27. The van der Waals surface area contributed by atoms with E-state index in [9.17, 15) is 0 Å². The zero-order chi connectivity index (χ0) is 22.8. The molecule has 0 aliphatic rings. The third-order valence-corrected chi connectivity index (χ3v) is 5.57. The van der Waals surface area contributed by atoms with Gasteiger partial charge >= 0.3 is 0 Å². The number of nitrogens with zero attached hydrogens (tertiary/aromatic N) is 4. The van der Waals surface area contributed by atoms with Gasteiger partial charge in [-0.15, -0.1) is 0 Å². The molecule has 2 heterocycles. The van der Waals surface area contributed by atoms with Crippen LogP contribution in [0, 0.1) is 0 Å². The second-order valence-corrected chi connectivity index (χ2v) is 8.86. The summed E-state index contributed by atoms with van der Waals surface area (Å²) in [5.41, 5.74) is 13.6. The highest BCUT2D eigenvalue weighted by Gasteiger charge is 2.14. The van der Waals surface area contributed by atoms with Crippen LogP contribution < -0.4 is 10.3 Å². The molecule has 2 aromatic rings. The minimum Gasteiger partial charge on any atom is -0.317 e. The van der Waals surface area contributed by atoms with Gasteiger partial charge in [0.2, 0.25) is 12.0 Å². The molecule has 0 amide bonds. The zero-order valence-corrected chi connectivity index (χ0v) is 20.3. The van der Waals surface area contributed by atoms with Crippen LogP contribution in [0.25, 0.3) is 11.2 Å². The third-order valence-electron chi connectivity index (χ3n) is 5.57. The van der Waals surface area contributed by atoms with Crippen LogP contribution in [0.3, 0.4) is 0 Å². The maximum Gasteiger partial charge on any atom is 0.251 e. The zero-order valence-electron chi connectivity index (χ0n) is 20.3. The van der Waals surface area contributed by atoms with Crippen LogP contribution in [0.15, 0.2) is 59.3 Å². The number of anilines is 1. The van der Waals surface area contributed by atoms with Gasteiger partial charge in [-0.25, -0.2) is 9.55 Å². The quantitative estimate of drug-likeness (QED) is 0.358. The van der Waals surface area contributed by atoms with E-state index in [-0.39, 0.29) is 0 Å². The molecule has 5 nitrogen and oxygen atoms in total. The summed E-state index contributed by atoms with van der Waals surface area (Å²) in [6, 6.07) is 0. The van der Waals surface area contributed by atoms with Crippen molar-refractivity contribution in [1.29, 1.82) is 0 Å². The average molecular weight is 423 g/mol. The van der Waals surface area contributed by atoms with E-state index in [1.54, 1.807) is 12.7 Å². The molecule has 0 atom stereocenters. The topological polar surface area (TPSA) is 60.6 Å². The summed E-state index contributed by atoms with van der Waals surface area (Å²) in [6.45, 7) is 11.7. The van der Waals surface area contributed by atoms with Gasteiger partial charge in [0.05, 0.1) is 12.9 Å². The van der Waals surface area contributed by atoms with Gasteiger partial charge in [-0.1, -0.05) is 51.6 Å². The molecule has 0 spiro atoms. The number of aromatic nitrogens is 4. The summed E-state index contributed by atoms with van der Waals surface area (Å²) in [4.78, 5) is 8.82. The summed E-state index contributed by atoms with van der Waals surface area (Å²) in [5.74, 6) is 0.662. The number of imidazole rings is 1. The Morgan fingerprint density at radius 2 is 1.42 bits per heavy atom. The van der Waals surface area contributed by atoms with Crippen LogP contribution in [0.4, 0.5) is 5.82 Å². The highest BCUT2D eigenvalue weighted by molar-refractivity contribution is 5.79. The molecule has 2 rings (SSSR count). The standard InChI is InChI=1S/C26H39N5/c1-20(2)10-7-11-21(3)12-8-13-22(4)14-9-15-23(5)16-17-31-19-29-26-24(25(31)27)28-18-30(26)6/h10,12,14,16,18-19,27H,7-9,11,13,15,17H2,1-6H3/p+1/b21-12+,22-14+,23-16+. The Kier molecular flexibility index (Phi) is 9.70. The molecule has 2 aromatic heterocycles.